The number of hydrogen-bond donors (Lipinski definition) is 2. The van der Waals surface area contributed by atoms with Gasteiger partial charge < -0.3 is 25.6 Å². The van der Waals surface area contributed by atoms with Crippen molar-refractivity contribution in [1.82, 2.24) is 15.1 Å². The third-order valence-electron chi connectivity index (χ3n) is 4.31. The van der Waals surface area contributed by atoms with Gasteiger partial charge in [0.05, 0.1) is 12.6 Å². The third kappa shape index (κ3) is 5.80. The van der Waals surface area contributed by atoms with Gasteiger partial charge in [0.15, 0.2) is 0 Å². The maximum atomic E-state index is 12.2. The van der Waals surface area contributed by atoms with Gasteiger partial charge in [0, 0.05) is 26.2 Å². The van der Waals surface area contributed by atoms with Crippen molar-refractivity contribution < 1.29 is 9.53 Å². The van der Waals surface area contributed by atoms with Crippen LogP contribution in [0.3, 0.4) is 0 Å². The molecule has 0 radical (unpaired) electrons. The van der Waals surface area contributed by atoms with Gasteiger partial charge in [-0.25, -0.2) is 4.79 Å². The molecule has 0 spiro atoms. The van der Waals surface area contributed by atoms with Crippen LogP contribution in [0.5, 0.6) is 0 Å². The van der Waals surface area contributed by atoms with E-state index in [-0.39, 0.29) is 12.1 Å². The Morgan fingerprint density at radius 2 is 2.10 bits per heavy atom. The van der Waals surface area contributed by atoms with Crippen LogP contribution >= 0.6 is 0 Å². The Kier molecular flexibility index (Phi) is 7.26. The third-order valence-corrected chi connectivity index (χ3v) is 4.31. The lowest BCUT2D eigenvalue weighted by Crippen LogP contribution is -2.46. The first-order valence-corrected chi connectivity index (χ1v) is 8.35. The number of hydrogen-bond acceptors (Lipinski definition) is 4. The average molecular weight is 298 g/mol. The molecule has 2 fully saturated rings. The van der Waals surface area contributed by atoms with Crippen molar-refractivity contribution >= 4 is 6.03 Å². The Morgan fingerprint density at radius 1 is 1.19 bits per heavy atom. The monoisotopic (exact) mass is 298 g/mol. The van der Waals surface area contributed by atoms with E-state index in [1.54, 1.807) is 0 Å². The summed E-state index contributed by atoms with van der Waals surface area (Å²) < 4.78 is 5.30. The highest BCUT2D eigenvalue weighted by Gasteiger charge is 2.23. The summed E-state index contributed by atoms with van der Waals surface area (Å²) in [4.78, 5) is 16.7. The Morgan fingerprint density at radius 3 is 2.86 bits per heavy atom. The SMILES string of the molecule is NCCCCCN1CCCN(C(=O)NC2CCOC2)CC1. The molecular formula is C15H30N4O2. The molecule has 2 rings (SSSR count). The van der Waals surface area contributed by atoms with E-state index in [0.717, 1.165) is 65.1 Å². The molecule has 6 heteroatoms. The lowest BCUT2D eigenvalue weighted by atomic mass is 10.2. The predicted octanol–water partition coefficient (Wildman–Crippen LogP) is 0.622. The molecule has 122 valence electrons. The molecule has 3 N–H and O–H groups in total. The van der Waals surface area contributed by atoms with Crippen LogP contribution in [0.1, 0.15) is 32.1 Å². The van der Waals surface area contributed by atoms with Crippen LogP contribution in [-0.2, 0) is 4.74 Å². The Labute approximate surface area is 128 Å². The lowest BCUT2D eigenvalue weighted by molar-refractivity contribution is 0.178. The van der Waals surface area contributed by atoms with Gasteiger partial charge >= 0.3 is 6.03 Å². The number of nitrogens with two attached hydrogens (primary N) is 1. The van der Waals surface area contributed by atoms with Gasteiger partial charge in [0.2, 0.25) is 0 Å². The number of unbranched alkanes of at least 4 members (excludes halogenated alkanes) is 2. The van der Waals surface area contributed by atoms with Crippen molar-refractivity contribution in [3.8, 4) is 0 Å². The second kappa shape index (κ2) is 9.23. The summed E-state index contributed by atoms with van der Waals surface area (Å²) >= 11 is 0. The molecule has 0 bridgehead atoms. The van der Waals surface area contributed by atoms with Gasteiger partial charge in [0.1, 0.15) is 0 Å². The molecule has 0 saturated carbocycles. The maximum Gasteiger partial charge on any atom is 0.317 e. The number of urea groups is 1. The molecular weight excluding hydrogens is 268 g/mol. The van der Waals surface area contributed by atoms with Crippen molar-refractivity contribution in [2.75, 3.05) is 52.5 Å². The Balaban J connectivity index is 1.66. The minimum Gasteiger partial charge on any atom is -0.379 e. The number of ether oxygens (including phenoxy) is 1. The molecule has 0 aliphatic carbocycles. The molecule has 0 aromatic heterocycles. The molecule has 21 heavy (non-hydrogen) atoms. The second-order valence-electron chi connectivity index (χ2n) is 6.04. The van der Waals surface area contributed by atoms with Gasteiger partial charge in [0.25, 0.3) is 0 Å². The summed E-state index contributed by atoms with van der Waals surface area (Å²) in [6.45, 7) is 7.12. The highest BCUT2D eigenvalue weighted by molar-refractivity contribution is 5.74. The van der Waals surface area contributed by atoms with Gasteiger partial charge in [-0.15, -0.1) is 0 Å². The fraction of sp³-hybridized carbons (Fsp3) is 0.933. The van der Waals surface area contributed by atoms with E-state index < -0.39 is 0 Å². The molecule has 1 atom stereocenters. The second-order valence-corrected chi connectivity index (χ2v) is 6.04. The molecule has 1 unspecified atom stereocenters. The average Bonchev–Trinajstić information content (AvgIpc) is 2.87. The van der Waals surface area contributed by atoms with Gasteiger partial charge in [-0.05, 0) is 45.3 Å². The molecule has 2 aliphatic rings. The topological polar surface area (TPSA) is 70.8 Å². The lowest BCUT2D eigenvalue weighted by Gasteiger charge is -2.23. The van der Waals surface area contributed by atoms with Crippen molar-refractivity contribution in [3.05, 3.63) is 0 Å². The number of nitrogens with one attached hydrogen (secondary N) is 1. The van der Waals surface area contributed by atoms with Gasteiger partial charge in [-0.3, -0.25) is 0 Å². The molecule has 2 saturated heterocycles. The Hall–Kier alpha value is -0.850. The fourth-order valence-electron chi connectivity index (χ4n) is 2.97. The highest BCUT2D eigenvalue weighted by atomic mass is 16.5. The first kappa shape index (κ1) is 16.5. The first-order valence-electron chi connectivity index (χ1n) is 8.35. The Bertz CT molecular complexity index is 308. The van der Waals surface area contributed by atoms with Crippen LogP contribution < -0.4 is 11.1 Å². The number of carbonyl (C=O) groups excluding carboxylic acids is 1. The first-order chi connectivity index (χ1) is 10.3. The van der Waals surface area contributed by atoms with E-state index >= 15 is 0 Å². The van der Waals surface area contributed by atoms with Crippen LogP contribution in [0.4, 0.5) is 4.79 Å². The molecule has 2 heterocycles. The smallest absolute Gasteiger partial charge is 0.317 e. The molecule has 0 aromatic carbocycles. The van der Waals surface area contributed by atoms with Gasteiger partial charge in [-0.2, -0.15) is 0 Å². The van der Waals surface area contributed by atoms with E-state index in [9.17, 15) is 4.79 Å². The van der Waals surface area contributed by atoms with E-state index in [1.165, 1.54) is 12.8 Å². The zero-order valence-electron chi connectivity index (χ0n) is 13.1. The van der Waals surface area contributed by atoms with E-state index in [4.69, 9.17) is 10.5 Å². The van der Waals surface area contributed by atoms with Crippen LogP contribution in [0.15, 0.2) is 0 Å². The standard InChI is InChI=1S/C15H30N4O2/c16-6-2-1-3-7-18-8-4-9-19(11-10-18)15(20)17-14-5-12-21-13-14/h14H,1-13,16H2,(H,17,20). The summed E-state index contributed by atoms with van der Waals surface area (Å²) in [6, 6.07) is 0.281. The number of carbonyl (C=O) groups is 1. The normalized spacial score (nSPS) is 24.0. The van der Waals surface area contributed by atoms with Crippen molar-refractivity contribution in [3.63, 3.8) is 0 Å². The zero-order chi connectivity index (χ0) is 14.9. The maximum absolute atomic E-state index is 12.2. The number of amides is 2. The summed E-state index contributed by atoms with van der Waals surface area (Å²) in [7, 11) is 0. The van der Waals surface area contributed by atoms with Crippen LogP contribution in [0.25, 0.3) is 0 Å². The minimum atomic E-state index is 0.0791. The fourth-order valence-corrected chi connectivity index (χ4v) is 2.97. The van der Waals surface area contributed by atoms with Gasteiger partial charge in [-0.1, -0.05) is 6.42 Å². The van der Waals surface area contributed by atoms with Crippen LogP contribution in [-0.4, -0.2) is 74.4 Å². The van der Waals surface area contributed by atoms with E-state index in [2.05, 4.69) is 10.2 Å². The van der Waals surface area contributed by atoms with Crippen LogP contribution in [0.2, 0.25) is 0 Å². The van der Waals surface area contributed by atoms with E-state index in [1.807, 2.05) is 4.90 Å². The molecule has 2 amide bonds. The molecule has 0 aromatic rings. The zero-order valence-corrected chi connectivity index (χ0v) is 13.1. The van der Waals surface area contributed by atoms with Crippen molar-refractivity contribution in [1.29, 1.82) is 0 Å². The van der Waals surface area contributed by atoms with Crippen LogP contribution in [0, 0.1) is 0 Å². The quantitative estimate of drug-likeness (QED) is 0.705. The van der Waals surface area contributed by atoms with E-state index in [0.29, 0.717) is 6.61 Å². The largest absolute Gasteiger partial charge is 0.379 e. The molecule has 2 aliphatic heterocycles. The molecule has 6 nitrogen and oxygen atoms in total. The summed E-state index contributed by atoms with van der Waals surface area (Å²) in [5, 5.41) is 3.08. The minimum absolute atomic E-state index is 0.0791. The number of rotatable bonds is 6. The van der Waals surface area contributed by atoms with Crippen molar-refractivity contribution in [2.45, 2.75) is 38.1 Å². The van der Waals surface area contributed by atoms with Crippen molar-refractivity contribution in [2.24, 2.45) is 5.73 Å². The summed E-state index contributed by atoms with van der Waals surface area (Å²) in [5.41, 5.74) is 5.52. The summed E-state index contributed by atoms with van der Waals surface area (Å²) in [6.07, 6.45) is 5.53. The predicted molar refractivity (Wildman–Crippen MR) is 83.3 cm³/mol. The highest BCUT2D eigenvalue weighted by Crippen LogP contribution is 2.08. The summed E-state index contributed by atoms with van der Waals surface area (Å²) in [5.74, 6) is 0. The number of nitrogens with zero attached hydrogens (tertiary/aromatic N) is 2.